The quantitative estimate of drug-likeness (QED) is 0.740. The molecular formula is C13H10ClF2N. The molecule has 0 spiro atoms. The zero-order valence-corrected chi connectivity index (χ0v) is 9.93. The zero-order chi connectivity index (χ0) is 12.4. The average molecular weight is 254 g/mol. The lowest BCUT2D eigenvalue weighted by molar-refractivity contribution is 0.507. The van der Waals surface area contributed by atoms with Gasteiger partial charge in [-0.1, -0.05) is 11.6 Å². The second-order valence-electron chi connectivity index (χ2n) is 3.87. The summed E-state index contributed by atoms with van der Waals surface area (Å²) in [4.78, 5) is 4.16. The standard InChI is InChI=1S/C13H10ClF2N/c1-8-2-3-17-10(4-8)5-9-6-11(14)13(16)12(15)7-9/h2-4,6-7H,5H2,1H3. The topological polar surface area (TPSA) is 12.9 Å². The number of hydrogen-bond acceptors (Lipinski definition) is 1. The van der Waals surface area contributed by atoms with Gasteiger partial charge in [-0.3, -0.25) is 4.98 Å². The van der Waals surface area contributed by atoms with Crippen LogP contribution in [0.2, 0.25) is 5.02 Å². The van der Waals surface area contributed by atoms with E-state index in [2.05, 4.69) is 4.98 Å². The molecule has 0 aliphatic heterocycles. The van der Waals surface area contributed by atoms with Crippen LogP contribution in [-0.4, -0.2) is 4.98 Å². The van der Waals surface area contributed by atoms with Crippen molar-refractivity contribution < 1.29 is 8.78 Å². The van der Waals surface area contributed by atoms with Crippen LogP contribution in [0.1, 0.15) is 16.8 Å². The molecule has 2 aromatic rings. The summed E-state index contributed by atoms with van der Waals surface area (Å²) in [6.07, 6.45) is 2.12. The molecule has 0 bridgehead atoms. The van der Waals surface area contributed by atoms with E-state index in [0.717, 1.165) is 17.3 Å². The van der Waals surface area contributed by atoms with Crippen molar-refractivity contribution in [2.45, 2.75) is 13.3 Å². The summed E-state index contributed by atoms with van der Waals surface area (Å²) >= 11 is 5.58. The molecule has 0 unspecified atom stereocenters. The van der Waals surface area contributed by atoms with Gasteiger partial charge in [0.1, 0.15) is 0 Å². The SMILES string of the molecule is Cc1ccnc(Cc2cc(F)c(F)c(Cl)c2)c1. The van der Waals surface area contributed by atoms with Gasteiger partial charge in [-0.05, 0) is 42.3 Å². The highest BCUT2D eigenvalue weighted by molar-refractivity contribution is 6.30. The van der Waals surface area contributed by atoms with Gasteiger partial charge in [-0.15, -0.1) is 0 Å². The molecule has 1 aromatic heterocycles. The van der Waals surface area contributed by atoms with Crippen molar-refractivity contribution in [3.05, 3.63) is 63.9 Å². The van der Waals surface area contributed by atoms with Gasteiger partial charge in [-0.2, -0.15) is 0 Å². The molecule has 17 heavy (non-hydrogen) atoms. The second-order valence-corrected chi connectivity index (χ2v) is 4.28. The molecule has 0 N–H and O–H groups in total. The van der Waals surface area contributed by atoms with Crippen molar-refractivity contribution in [3.63, 3.8) is 0 Å². The Hall–Kier alpha value is -1.48. The maximum atomic E-state index is 13.1. The van der Waals surface area contributed by atoms with Crippen molar-refractivity contribution >= 4 is 11.6 Å². The molecule has 0 atom stereocenters. The van der Waals surface area contributed by atoms with E-state index in [1.165, 1.54) is 6.07 Å². The Morgan fingerprint density at radius 2 is 2.00 bits per heavy atom. The minimum Gasteiger partial charge on any atom is -0.261 e. The predicted octanol–water partition coefficient (Wildman–Crippen LogP) is 3.91. The number of pyridine rings is 1. The highest BCUT2D eigenvalue weighted by atomic mass is 35.5. The summed E-state index contributed by atoms with van der Waals surface area (Å²) in [6.45, 7) is 1.95. The largest absolute Gasteiger partial charge is 0.261 e. The molecule has 1 heterocycles. The Labute approximate surface area is 103 Å². The lowest BCUT2D eigenvalue weighted by atomic mass is 10.1. The number of rotatable bonds is 2. The first kappa shape index (κ1) is 12.0. The fourth-order valence-corrected chi connectivity index (χ4v) is 1.85. The molecule has 0 amide bonds. The van der Waals surface area contributed by atoms with E-state index >= 15 is 0 Å². The van der Waals surface area contributed by atoms with Crippen LogP contribution in [0.3, 0.4) is 0 Å². The second kappa shape index (κ2) is 4.80. The Morgan fingerprint density at radius 3 is 2.65 bits per heavy atom. The maximum absolute atomic E-state index is 13.1. The van der Waals surface area contributed by atoms with Crippen molar-refractivity contribution in [2.75, 3.05) is 0 Å². The molecule has 0 saturated heterocycles. The Morgan fingerprint density at radius 1 is 1.24 bits per heavy atom. The highest BCUT2D eigenvalue weighted by Gasteiger charge is 2.09. The zero-order valence-electron chi connectivity index (χ0n) is 9.17. The lowest BCUT2D eigenvalue weighted by Crippen LogP contribution is -1.95. The van der Waals surface area contributed by atoms with E-state index in [9.17, 15) is 8.78 Å². The number of benzene rings is 1. The molecule has 0 radical (unpaired) electrons. The first-order chi connectivity index (χ1) is 8.06. The number of nitrogens with zero attached hydrogens (tertiary/aromatic N) is 1. The molecule has 88 valence electrons. The number of halogens is 3. The number of hydrogen-bond donors (Lipinski definition) is 0. The van der Waals surface area contributed by atoms with Gasteiger partial charge in [0, 0.05) is 18.3 Å². The fraction of sp³-hybridized carbons (Fsp3) is 0.154. The van der Waals surface area contributed by atoms with Gasteiger partial charge in [0.15, 0.2) is 11.6 Å². The van der Waals surface area contributed by atoms with Crippen LogP contribution in [0.15, 0.2) is 30.5 Å². The van der Waals surface area contributed by atoms with E-state index in [1.807, 2.05) is 19.1 Å². The maximum Gasteiger partial charge on any atom is 0.177 e. The van der Waals surface area contributed by atoms with Crippen molar-refractivity contribution in [2.24, 2.45) is 0 Å². The van der Waals surface area contributed by atoms with Gasteiger partial charge in [0.25, 0.3) is 0 Å². The summed E-state index contributed by atoms with van der Waals surface area (Å²) in [5.74, 6) is -1.94. The summed E-state index contributed by atoms with van der Waals surface area (Å²) < 4.78 is 26.1. The van der Waals surface area contributed by atoms with E-state index in [0.29, 0.717) is 12.0 Å². The van der Waals surface area contributed by atoms with Gasteiger partial charge in [-0.25, -0.2) is 8.78 Å². The molecule has 2 rings (SSSR count). The van der Waals surface area contributed by atoms with E-state index in [-0.39, 0.29) is 5.02 Å². The molecule has 0 fully saturated rings. The third-order valence-electron chi connectivity index (χ3n) is 2.40. The van der Waals surface area contributed by atoms with Crippen LogP contribution >= 0.6 is 11.6 Å². The third-order valence-corrected chi connectivity index (χ3v) is 2.68. The number of aromatic nitrogens is 1. The highest BCUT2D eigenvalue weighted by Crippen LogP contribution is 2.21. The van der Waals surface area contributed by atoms with Gasteiger partial charge in [0.2, 0.25) is 0 Å². The molecule has 4 heteroatoms. The number of aryl methyl sites for hydroxylation is 1. The van der Waals surface area contributed by atoms with Gasteiger partial charge < -0.3 is 0 Å². The fourth-order valence-electron chi connectivity index (χ4n) is 1.61. The van der Waals surface area contributed by atoms with Crippen LogP contribution < -0.4 is 0 Å². The van der Waals surface area contributed by atoms with Gasteiger partial charge >= 0.3 is 0 Å². The smallest absolute Gasteiger partial charge is 0.177 e. The van der Waals surface area contributed by atoms with Crippen LogP contribution in [0, 0.1) is 18.6 Å². The van der Waals surface area contributed by atoms with Crippen LogP contribution in [0.5, 0.6) is 0 Å². The summed E-state index contributed by atoms with van der Waals surface area (Å²) in [6, 6.07) is 6.34. The van der Waals surface area contributed by atoms with E-state index in [4.69, 9.17) is 11.6 Å². The minimum atomic E-state index is -1.01. The molecule has 1 nitrogen and oxygen atoms in total. The molecule has 1 aromatic carbocycles. The van der Waals surface area contributed by atoms with Crippen molar-refractivity contribution in [3.8, 4) is 0 Å². The third kappa shape index (κ3) is 2.80. The van der Waals surface area contributed by atoms with Crippen LogP contribution in [0.25, 0.3) is 0 Å². The molecular weight excluding hydrogens is 244 g/mol. The monoisotopic (exact) mass is 253 g/mol. The molecule has 0 aliphatic carbocycles. The molecule has 0 saturated carbocycles. The Kier molecular flexibility index (Phi) is 3.38. The summed E-state index contributed by atoms with van der Waals surface area (Å²) in [7, 11) is 0. The average Bonchev–Trinajstić information content (AvgIpc) is 2.26. The van der Waals surface area contributed by atoms with Crippen LogP contribution in [-0.2, 0) is 6.42 Å². The predicted molar refractivity (Wildman–Crippen MR) is 63.1 cm³/mol. The summed E-state index contributed by atoms with van der Waals surface area (Å²) in [5, 5.41) is -0.201. The Balaban J connectivity index is 2.31. The lowest BCUT2D eigenvalue weighted by Gasteiger charge is -2.04. The van der Waals surface area contributed by atoms with Crippen molar-refractivity contribution in [1.29, 1.82) is 0 Å². The first-order valence-electron chi connectivity index (χ1n) is 5.11. The van der Waals surface area contributed by atoms with Crippen molar-refractivity contribution in [1.82, 2.24) is 4.98 Å². The Bertz CT molecular complexity index is 532. The summed E-state index contributed by atoms with van der Waals surface area (Å²) in [5.41, 5.74) is 2.47. The normalized spacial score (nSPS) is 10.6. The van der Waals surface area contributed by atoms with Gasteiger partial charge in [0.05, 0.1) is 5.02 Å². The van der Waals surface area contributed by atoms with E-state index in [1.54, 1.807) is 6.20 Å². The van der Waals surface area contributed by atoms with E-state index < -0.39 is 11.6 Å². The molecule has 0 aliphatic rings. The minimum absolute atomic E-state index is 0.201. The first-order valence-corrected chi connectivity index (χ1v) is 5.49. The van der Waals surface area contributed by atoms with Crippen LogP contribution in [0.4, 0.5) is 8.78 Å².